The molecule has 152 valence electrons. The molecule has 0 atom stereocenters. The van der Waals surface area contributed by atoms with Gasteiger partial charge in [-0.3, -0.25) is 9.36 Å². The van der Waals surface area contributed by atoms with Crippen LogP contribution in [0, 0.1) is 6.92 Å². The Kier molecular flexibility index (Phi) is 6.70. The molecule has 2 heterocycles. The van der Waals surface area contributed by atoms with Crippen LogP contribution < -0.4 is 4.72 Å². The Bertz CT molecular complexity index is 922. The van der Waals surface area contributed by atoms with E-state index >= 15 is 0 Å². The van der Waals surface area contributed by atoms with Gasteiger partial charge in [0.25, 0.3) is 0 Å². The summed E-state index contributed by atoms with van der Waals surface area (Å²) in [6.07, 6.45) is 1.09. The van der Waals surface area contributed by atoms with Gasteiger partial charge in [-0.2, -0.15) is 0 Å². The van der Waals surface area contributed by atoms with E-state index in [2.05, 4.69) is 14.9 Å². The Morgan fingerprint density at radius 3 is 2.54 bits per heavy atom. The molecule has 0 radical (unpaired) electrons. The molecule has 1 N–H and O–H groups in total. The lowest BCUT2D eigenvalue weighted by Gasteiger charge is -2.26. The first-order valence-corrected chi connectivity index (χ1v) is 11.7. The molecule has 0 saturated carbocycles. The number of nitrogens with one attached hydrogen (secondary N) is 1. The fourth-order valence-corrected chi connectivity index (χ4v) is 3.95. The van der Waals surface area contributed by atoms with Gasteiger partial charge in [0.1, 0.15) is 0 Å². The van der Waals surface area contributed by atoms with E-state index in [4.69, 9.17) is 4.74 Å². The highest BCUT2D eigenvalue weighted by Crippen LogP contribution is 2.23. The molecule has 0 bridgehead atoms. The number of hydrogen-bond donors (Lipinski definition) is 1. The second-order valence-electron chi connectivity index (χ2n) is 6.44. The van der Waals surface area contributed by atoms with Gasteiger partial charge in [-0.25, -0.2) is 13.1 Å². The molecule has 1 fully saturated rings. The van der Waals surface area contributed by atoms with Crippen LogP contribution in [0.25, 0.3) is 5.69 Å². The van der Waals surface area contributed by atoms with E-state index in [0.717, 1.165) is 17.5 Å². The van der Waals surface area contributed by atoms with E-state index in [1.165, 1.54) is 11.8 Å². The summed E-state index contributed by atoms with van der Waals surface area (Å²) >= 11 is 1.28. The van der Waals surface area contributed by atoms with E-state index in [1.54, 1.807) is 9.47 Å². The lowest BCUT2D eigenvalue weighted by molar-refractivity contribution is -0.132. The maximum atomic E-state index is 12.4. The van der Waals surface area contributed by atoms with Gasteiger partial charge in [-0.1, -0.05) is 29.5 Å². The summed E-state index contributed by atoms with van der Waals surface area (Å²) in [5.74, 6) is 0.696. The summed E-state index contributed by atoms with van der Waals surface area (Å²) in [4.78, 5) is 14.2. The molecule has 1 amide bonds. The fourth-order valence-electron chi connectivity index (χ4n) is 2.69. The minimum Gasteiger partial charge on any atom is -0.378 e. The maximum absolute atomic E-state index is 12.4. The monoisotopic (exact) mass is 425 g/mol. The number of aryl methyl sites for hydroxylation is 1. The van der Waals surface area contributed by atoms with E-state index in [0.29, 0.717) is 37.3 Å². The molecule has 1 saturated heterocycles. The van der Waals surface area contributed by atoms with Crippen molar-refractivity contribution in [1.82, 2.24) is 24.4 Å². The topological polar surface area (TPSA) is 106 Å². The smallest absolute Gasteiger partial charge is 0.233 e. The van der Waals surface area contributed by atoms with Crippen molar-refractivity contribution in [1.29, 1.82) is 0 Å². The largest absolute Gasteiger partial charge is 0.378 e. The molecule has 0 unspecified atom stereocenters. The molecule has 1 aromatic heterocycles. The van der Waals surface area contributed by atoms with Crippen LogP contribution in [0.4, 0.5) is 0 Å². The molecule has 2 aromatic rings. The summed E-state index contributed by atoms with van der Waals surface area (Å²) in [5, 5.41) is 8.84. The number of thioether (sulfide) groups is 1. The minimum atomic E-state index is -3.37. The van der Waals surface area contributed by atoms with Crippen molar-refractivity contribution in [3.63, 3.8) is 0 Å². The van der Waals surface area contributed by atoms with Gasteiger partial charge in [-0.15, -0.1) is 10.2 Å². The van der Waals surface area contributed by atoms with Crippen LogP contribution in [0.1, 0.15) is 11.4 Å². The highest BCUT2D eigenvalue weighted by molar-refractivity contribution is 7.99. The average molecular weight is 426 g/mol. The van der Waals surface area contributed by atoms with Crippen LogP contribution in [-0.2, 0) is 26.1 Å². The minimum absolute atomic E-state index is 0.0116. The first-order valence-electron chi connectivity index (χ1n) is 8.78. The number of morpholine rings is 1. The number of amides is 1. The first kappa shape index (κ1) is 20.8. The SMILES string of the molecule is Cc1ccc(-n2c(CNS(C)(=O)=O)nnc2SCC(=O)N2CCOCC2)cc1. The quantitative estimate of drug-likeness (QED) is 0.647. The lowest BCUT2D eigenvalue weighted by atomic mass is 10.2. The Balaban J connectivity index is 1.80. The molecule has 28 heavy (non-hydrogen) atoms. The second kappa shape index (κ2) is 9.03. The van der Waals surface area contributed by atoms with Crippen molar-refractivity contribution < 1.29 is 17.9 Å². The molecule has 1 aliphatic heterocycles. The zero-order chi connectivity index (χ0) is 20.1. The number of sulfonamides is 1. The summed E-state index contributed by atoms with van der Waals surface area (Å²) in [7, 11) is -3.37. The Morgan fingerprint density at radius 2 is 1.89 bits per heavy atom. The highest BCUT2D eigenvalue weighted by atomic mass is 32.2. The number of rotatable bonds is 7. The zero-order valence-corrected chi connectivity index (χ0v) is 17.4. The number of hydrogen-bond acceptors (Lipinski definition) is 7. The van der Waals surface area contributed by atoms with Gasteiger partial charge < -0.3 is 9.64 Å². The summed E-state index contributed by atoms with van der Waals surface area (Å²) < 4.78 is 32.4. The van der Waals surface area contributed by atoms with Crippen LogP contribution in [0.5, 0.6) is 0 Å². The fraction of sp³-hybridized carbons (Fsp3) is 0.471. The molecular formula is C17H23N5O4S2. The highest BCUT2D eigenvalue weighted by Gasteiger charge is 2.20. The zero-order valence-electron chi connectivity index (χ0n) is 15.8. The lowest BCUT2D eigenvalue weighted by Crippen LogP contribution is -2.41. The van der Waals surface area contributed by atoms with Gasteiger partial charge in [0.05, 0.1) is 31.8 Å². The summed E-state index contributed by atoms with van der Waals surface area (Å²) in [6, 6.07) is 7.74. The third-order valence-corrected chi connectivity index (χ3v) is 5.76. The molecule has 3 rings (SSSR count). The van der Waals surface area contributed by atoms with Crippen molar-refractivity contribution in [2.75, 3.05) is 38.3 Å². The third kappa shape index (κ3) is 5.53. The molecule has 0 aliphatic carbocycles. The number of ether oxygens (including phenoxy) is 1. The van der Waals surface area contributed by atoms with Crippen LogP contribution in [0.2, 0.25) is 0 Å². The van der Waals surface area contributed by atoms with Crippen LogP contribution in [-0.4, -0.2) is 72.3 Å². The molecule has 0 spiro atoms. The van der Waals surface area contributed by atoms with Crippen molar-refractivity contribution in [3.05, 3.63) is 35.7 Å². The first-order chi connectivity index (χ1) is 13.3. The number of carbonyl (C=O) groups is 1. The van der Waals surface area contributed by atoms with Crippen molar-refractivity contribution in [3.8, 4) is 5.69 Å². The van der Waals surface area contributed by atoms with Gasteiger partial charge in [0.15, 0.2) is 11.0 Å². The van der Waals surface area contributed by atoms with Gasteiger partial charge in [-0.05, 0) is 19.1 Å². The van der Waals surface area contributed by atoms with Crippen molar-refractivity contribution >= 4 is 27.7 Å². The Hall–Kier alpha value is -1.95. The van der Waals surface area contributed by atoms with Crippen molar-refractivity contribution in [2.45, 2.75) is 18.6 Å². The number of nitrogens with zero attached hydrogens (tertiary/aromatic N) is 4. The average Bonchev–Trinajstić information content (AvgIpc) is 3.08. The third-order valence-electron chi connectivity index (χ3n) is 4.17. The van der Waals surface area contributed by atoms with E-state index in [1.807, 2.05) is 31.2 Å². The molecule has 1 aromatic carbocycles. The van der Waals surface area contributed by atoms with Crippen LogP contribution >= 0.6 is 11.8 Å². The maximum Gasteiger partial charge on any atom is 0.233 e. The van der Waals surface area contributed by atoms with Gasteiger partial charge in [0.2, 0.25) is 15.9 Å². The molecule has 9 nitrogen and oxygen atoms in total. The molecular weight excluding hydrogens is 402 g/mol. The van der Waals surface area contributed by atoms with E-state index in [9.17, 15) is 13.2 Å². The number of carbonyl (C=O) groups excluding carboxylic acids is 1. The molecule has 1 aliphatic rings. The Morgan fingerprint density at radius 1 is 1.21 bits per heavy atom. The number of aromatic nitrogens is 3. The molecule has 11 heteroatoms. The van der Waals surface area contributed by atoms with Crippen LogP contribution in [0.3, 0.4) is 0 Å². The summed E-state index contributed by atoms with van der Waals surface area (Å²) in [6.45, 7) is 4.28. The predicted molar refractivity (Wildman–Crippen MR) is 106 cm³/mol. The normalized spacial score (nSPS) is 15.0. The number of benzene rings is 1. The van der Waals surface area contributed by atoms with Gasteiger partial charge in [0, 0.05) is 18.8 Å². The van der Waals surface area contributed by atoms with E-state index < -0.39 is 10.0 Å². The standard InChI is InChI=1S/C17H23N5O4S2/c1-13-3-5-14(6-4-13)22-15(11-18-28(2,24)25)19-20-17(22)27-12-16(23)21-7-9-26-10-8-21/h3-6,18H,7-12H2,1-2H3. The van der Waals surface area contributed by atoms with Crippen LogP contribution in [0.15, 0.2) is 29.4 Å². The predicted octanol–water partition coefficient (Wildman–Crippen LogP) is 0.576. The van der Waals surface area contributed by atoms with Crippen molar-refractivity contribution in [2.24, 2.45) is 0 Å². The second-order valence-corrected chi connectivity index (χ2v) is 9.22. The summed E-state index contributed by atoms with van der Waals surface area (Å²) in [5.41, 5.74) is 1.91. The van der Waals surface area contributed by atoms with E-state index in [-0.39, 0.29) is 18.2 Å². The van der Waals surface area contributed by atoms with Gasteiger partial charge >= 0.3 is 0 Å². The Labute approximate surface area is 168 Å².